The van der Waals surface area contributed by atoms with E-state index in [1.165, 1.54) is 0 Å². The van der Waals surface area contributed by atoms with Gasteiger partial charge in [0.25, 0.3) is 0 Å². The minimum Gasteiger partial charge on any atom is -0.423 e. The molecule has 158 valence electrons. The number of ether oxygens (including phenoxy) is 1. The Balaban J connectivity index is 1.49. The molecule has 1 fully saturated rings. The van der Waals surface area contributed by atoms with Crippen molar-refractivity contribution in [3.05, 3.63) is 59.7 Å². The summed E-state index contributed by atoms with van der Waals surface area (Å²) in [7, 11) is 2.07. The van der Waals surface area contributed by atoms with Crippen LogP contribution in [0.15, 0.2) is 53.5 Å². The van der Waals surface area contributed by atoms with Crippen LogP contribution in [0.1, 0.15) is 22.3 Å². The summed E-state index contributed by atoms with van der Waals surface area (Å²) in [5.74, 6) is 0.116. The molecule has 0 atom stereocenters. The summed E-state index contributed by atoms with van der Waals surface area (Å²) in [6.45, 7) is 3.42. The molecule has 1 aliphatic heterocycles. The van der Waals surface area contributed by atoms with Crippen molar-refractivity contribution in [2.24, 2.45) is 16.5 Å². The van der Waals surface area contributed by atoms with E-state index in [1.54, 1.807) is 36.4 Å². The summed E-state index contributed by atoms with van der Waals surface area (Å²) >= 11 is 0. The summed E-state index contributed by atoms with van der Waals surface area (Å²) < 4.78 is 5.40. The maximum Gasteiger partial charge on any atom is 0.343 e. The molecule has 4 N–H and O–H groups in total. The van der Waals surface area contributed by atoms with E-state index in [4.69, 9.17) is 16.2 Å². The Morgan fingerprint density at radius 1 is 0.967 bits per heavy atom. The molecular formula is C22H27N5O3. The summed E-state index contributed by atoms with van der Waals surface area (Å²) in [4.78, 5) is 32.7. The van der Waals surface area contributed by atoms with Crippen molar-refractivity contribution in [1.29, 1.82) is 0 Å². The lowest BCUT2D eigenvalue weighted by atomic mass is 10.1. The van der Waals surface area contributed by atoms with Crippen LogP contribution >= 0.6 is 0 Å². The highest BCUT2D eigenvalue weighted by molar-refractivity contribution is 5.91. The first-order chi connectivity index (χ1) is 14.4. The van der Waals surface area contributed by atoms with Crippen molar-refractivity contribution in [3.63, 3.8) is 0 Å². The van der Waals surface area contributed by atoms with Gasteiger partial charge in [-0.25, -0.2) is 9.79 Å². The molecule has 1 saturated heterocycles. The number of guanidine groups is 1. The Morgan fingerprint density at radius 2 is 1.60 bits per heavy atom. The first-order valence-corrected chi connectivity index (χ1v) is 9.88. The van der Waals surface area contributed by atoms with Crippen molar-refractivity contribution in [2.75, 3.05) is 33.2 Å². The van der Waals surface area contributed by atoms with Crippen LogP contribution < -0.4 is 16.2 Å². The molecule has 0 bridgehead atoms. The second-order valence-electron chi connectivity index (χ2n) is 7.30. The number of nitrogens with two attached hydrogens (primary N) is 2. The number of esters is 1. The quantitative estimate of drug-likeness (QED) is 0.324. The summed E-state index contributed by atoms with van der Waals surface area (Å²) in [6.07, 6.45) is 1.14. The lowest BCUT2D eigenvalue weighted by Crippen LogP contribution is -2.47. The van der Waals surface area contributed by atoms with E-state index in [0.717, 1.165) is 31.7 Å². The lowest BCUT2D eigenvalue weighted by molar-refractivity contribution is -0.132. The van der Waals surface area contributed by atoms with E-state index >= 15 is 0 Å². The van der Waals surface area contributed by atoms with E-state index in [-0.39, 0.29) is 11.9 Å². The van der Waals surface area contributed by atoms with Gasteiger partial charge in [0.15, 0.2) is 5.96 Å². The van der Waals surface area contributed by atoms with Gasteiger partial charge in [0, 0.05) is 32.6 Å². The number of piperazine rings is 1. The van der Waals surface area contributed by atoms with Gasteiger partial charge in [0.1, 0.15) is 5.75 Å². The van der Waals surface area contributed by atoms with Crippen LogP contribution in [-0.2, 0) is 11.2 Å². The molecule has 0 aliphatic carbocycles. The van der Waals surface area contributed by atoms with Crippen molar-refractivity contribution < 1.29 is 14.3 Å². The Morgan fingerprint density at radius 3 is 2.20 bits per heavy atom. The number of aliphatic imine (C=N–C) groups is 1. The number of nitrogens with zero attached hydrogens (tertiary/aromatic N) is 3. The van der Waals surface area contributed by atoms with Crippen molar-refractivity contribution in [1.82, 2.24) is 9.80 Å². The monoisotopic (exact) mass is 409 g/mol. The second-order valence-corrected chi connectivity index (χ2v) is 7.30. The Bertz CT molecular complexity index is 897. The van der Waals surface area contributed by atoms with Gasteiger partial charge in [-0.3, -0.25) is 4.79 Å². The highest BCUT2D eigenvalue weighted by Gasteiger charge is 2.18. The first kappa shape index (κ1) is 21.3. The van der Waals surface area contributed by atoms with E-state index in [2.05, 4.69) is 16.9 Å². The van der Waals surface area contributed by atoms with Gasteiger partial charge < -0.3 is 26.0 Å². The predicted octanol–water partition coefficient (Wildman–Crippen LogP) is 1.52. The van der Waals surface area contributed by atoms with Crippen LogP contribution in [0.3, 0.4) is 0 Å². The third kappa shape index (κ3) is 6.05. The highest BCUT2D eigenvalue weighted by Crippen LogP contribution is 2.18. The standard InChI is InChI=1S/C22H27N5O3/c1-26-12-14-27(15-13-26)20(28)11-4-16-2-9-19(10-3-16)30-21(29)17-5-7-18(8-6-17)25-22(23)24/h2-3,5-10H,4,11-15H2,1H3,(H4,23,24,25). The molecule has 2 aromatic rings. The van der Waals surface area contributed by atoms with Crippen molar-refractivity contribution in [2.45, 2.75) is 12.8 Å². The molecule has 2 aromatic carbocycles. The van der Waals surface area contributed by atoms with Crippen LogP contribution in [0, 0.1) is 0 Å². The number of carbonyl (C=O) groups excluding carboxylic acids is 2. The Labute approximate surface area is 176 Å². The number of rotatable bonds is 6. The van der Waals surface area contributed by atoms with Crippen LogP contribution in [0.25, 0.3) is 0 Å². The third-order valence-corrected chi connectivity index (χ3v) is 4.98. The minimum absolute atomic E-state index is 0.0457. The molecule has 8 heteroatoms. The zero-order valence-corrected chi connectivity index (χ0v) is 17.1. The predicted molar refractivity (Wildman–Crippen MR) is 116 cm³/mol. The fourth-order valence-corrected chi connectivity index (χ4v) is 3.18. The van der Waals surface area contributed by atoms with Crippen LogP contribution in [0.5, 0.6) is 5.75 Å². The van der Waals surface area contributed by atoms with E-state index in [0.29, 0.717) is 29.8 Å². The number of likely N-dealkylation sites (N-methyl/N-ethyl adjacent to an activating group) is 1. The summed E-state index contributed by atoms with van der Waals surface area (Å²) in [5, 5.41) is 0. The average molecular weight is 409 g/mol. The largest absolute Gasteiger partial charge is 0.423 e. The molecule has 3 rings (SSSR count). The van der Waals surface area contributed by atoms with Crippen molar-refractivity contribution in [3.8, 4) is 5.75 Å². The molecule has 0 saturated carbocycles. The molecule has 0 radical (unpaired) electrons. The normalized spacial score (nSPS) is 14.2. The maximum atomic E-state index is 12.3. The Kier molecular flexibility index (Phi) is 7.03. The SMILES string of the molecule is CN1CCN(C(=O)CCc2ccc(OC(=O)c3ccc(N=C(N)N)cc3)cc2)CC1. The number of amides is 1. The summed E-state index contributed by atoms with van der Waals surface area (Å²) in [6, 6.07) is 13.7. The molecule has 1 heterocycles. The van der Waals surface area contributed by atoms with Gasteiger partial charge in [-0.15, -0.1) is 0 Å². The second kappa shape index (κ2) is 9.89. The number of aryl methyl sites for hydroxylation is 1. The van der Waals surface area contributed by atoms with Crippen LogP contribution in [0.2, 0.25) is 0 Å². The third-order valence-electron chi connectivity index (χ3n) is 4.98. The van der Waals surface area contributed by atoms with Crippen LogP contribution in [0.4, 0.5) is 5.69 Å². The molecule has 30 heavy (non-hydrogen) atoms. The molecule has 8 nitrogen and oxygen atoms in total. The van der Waals surface area contributed by atoms with Gasteiger partial charge in [0.2, 0.25) is 5.91 Å². The topological polar surface area (TPSA) is 114 Å². The zero-order valence-electron chi connectivity index (χ0n) is 17.1. The molecule has 0 spiro atoms. The number of carbonyl (C=O) groups is 2. The van der Waals surface area contributed by atoms with Gasteiger partial charge in [-0.1, -0.05) is 12.1 Å². The minimum atomic E-state index is -0.468. The smallest absolute Gasteiger partial charge is 0.343 e. The molecule has 1 aliphatic rings. The van der Waals surface area contributed by atoms with Crippen molar-refractivity contribution >= 4 is 23.5 Å². The number of hydrogen-bond donors (Lipinski definition) is 2. The van der Waals surface area contributed by atoms with Gasteiger partial charge in [0.05, 0.1) is 11.3 Å². The van der Waals surface area contributed by atoms with Gasteiger partial charge >= 0.3 is 5.97 Å². The van der Waals surface area contributed by atoms with Gasteiger partial charge in [-0.05, 0) is 55.4 Å². The first-order valence-electron chi connectivity index (χ1n) is 9.88. The fraction of sp³-hybridized carbons (Fsp3) is 0.318. The number of benzene rings is 2. The molecular weight excluding hydrogens is 382 g/mol. The van der Waals surface area contributed by atoms with E-state index < -0.39 is 5.97 Å². The molecule has 0 unspecified atom stereocenters. The summed E-state index contributed by atoms with van der Waals surface area (Å²) in [5.41, 5.74) is 12.6. The van der Waals surface area contributed by atoms with E-state index in [1.807, 2.05) is 17.0 Å². The molecule has 0 aromatic heterocycles. The van der Waals surface area contributed by atoms with E-state index in [9.17, 15) is 9.59 Å². The molecule has 1 amide bonds. The van der Waals surface area contributed by atoms with Gasteiger partial charge in [-0.2, -0.15) is 0 Å². The zero-order chi connectivity index (χ0) is 21.5. The fourth-order valence-electron chi connectivity index (χ4n) is 3.18. The number of hydrogen-bond acceptors (Lipinski definition) is 5. The average Bonchev–Trinajstić information content (AvgIpc) is 2.73. The Hall–Kier alpha value is -3.39. The lowest BCUT2D eigenvalue weighted by Gasteiger charge is -2.32. The highest BCUT2D eigenvalue weighted by atomic mass is 16.5. The maximum absolute atomic E-state index is 12.3. The van der Waals surface area contributed by atoms with Crippen LogP contribution in [-0.4, -0.2) is 60.9 Å².